The number of benzene rings is 6. The summed E-state index contributed by atoms with van der Waals surface area (Å²) in [5.74, 6) is 3.22. The van der Waals surface area contributed by atoms with E-state index in [1.54, 1.807) is 28.4 Å². The minimum atomic E-state index is 0.804. The predicted octanol–water partition coefficient (Wildman–Crippen LogP) is 9.81. The van der Waals surface area contributed by atoms with E-state index in [1.165, 1.54) is 0 Å². The highest BCUT2D eigenvalue weighted by atomic mass is 16.5. The third-order valence-corrected chi connectivity index (χ3v) is 7.68. The molecule has 0 aliphatic rings. The van der Waals surface area contributed by atoms with Crippen molar-refractivity contribution < 1.29 is 18.9 Å². The number of fused-ring (bicyclic) bond motifs is 1. The summed E-state index contributed by atoms with van der Waals surface area (Å²) in [4.78, 5) is 4.52. The van der Waals surface area contributed by atoms with Crippen LogP contribution in [0, 0.1) is 0 Å². The summed E-state index contributed by atoms with van der Waals surface area (Å²) in [6, 6.07) is 45.4. The molecule has 0 saturated carbocycles. The maximum Gasteiger partial charge on any atom is 0.119 e. The van der Waals surface area contributed by atoms with E-state index >= 15 is 0 Å². The number of methoxy groups -OCH3 is 4. The lowest BCUT2D eigenvalue weighted by Gasteiger charge is -2.30. The van der Waals surface area contributed by atoms with E-state index < -0.39 is 0 Å². The third-order valence-electron chi connectivity index (χ3n) is 7.68. The highest BCUT2D eigenvalue weighted by Gasteiger charge is 2.20. The van der Waals surface area contributed by atoms with E-state index in [0.717, 1.165) is 67.9 Å². The van der Waals surface area contributed by atoms with Gasteiger partial charge in [0.25, 0.3) is 0 Å². The second-order valence-corrected chi connectivity index (χ2v) is 10.1. The molecule has 6 rings (SSSR count). The van der Waals surface area contributed by atoms with Crippen molar-refractivity contribution in [2.75, 3.05) is 38.2 Å². The molecule has 0 unspecified atom stereocenters. The first kappa shape index (κ1) is 28.5. The molecule has 0 aromatic heterocycles. The first-order valence-corrected chi connectivity index (χ1v) is 14.3. The lowest BCUT2D eigenvalue weighted by atomic mass is 10.0. The molecule has 0 amide bonds. The summed E-state index contributed by atoms with van der Waals surface area (Å²) in [6.45, 7) is 0. The molecule has 0 fully saturated rings. The Balaban J connectivity index is 1.55. The first-order valence-electron chi connectivity index (χ1n) is 14.3. The standard InChI is InChI=1S/C38H34N2O4/c1-41-31-19-11-27(12-20-31)39(28-13-21-32(42-2)22-14-28)37-9-5-8-36-35(37)7-6-10-38(36)40(29-15-23-33(43-3)24-16-29)30-17-25-34(44-4)26-18-30/h5-26H,1-4H3. The molecule has 0 atom stereocenters. The van der Waals surface area contributed by atoms with Crippen LogP contribution in [0.4, 0.5) is 34.1 Å². The van der Waals surface area contributed by atoms with Crippen LogP contribution in [-0.2, 0) is 0 Å². The summed E-state index contributed by atoms with van der Waals surface area (Å²) in [6.07, 6.45) is 0. The van der Waals surface area contributed by atoms with Crippen LogP contribution in [0.1, 0.15) is 0 Å². The molecule has 0 aliphatic heterocycles. The first-order chi connectivity index (χ1) is 21.6. The van der Waals surface area contributed by atoms with Crippen molar-refractivity contribution in [3.8, 4) is 23.0 Å². The number of rotatable bonds is 10. The maximum absolute atomic E-state index is 5.46. The van der Waals surface area contributed by atoms with Crippen LogP contribution in [0.3, 0.4) is 0 Å². The number of nitrogens with zero attached hydrogens (tertiary/aromatic N) is 2. The van der Waals surface area contributed by atoms with Gasteiger partial charge < -0.3 is 28.7 Å². The van der Waals surface area contributed by atoms with E-state index in [0.29, 0.717) is 0 Å². The summed E-state index contributed by atoms with van der Waals surface area (Å²) in [7, 11) is 6.72. The molecule has 6 aromatic rings. The number of hydrogen-bond donors (Lipinski definition) is 0. The van der Waals surface area contributed by atoms with E-state index in [4.69, 9.17) is 18.9 Å². The van der Waals surface area contributed by atoms with Gasteiger partial charge in [0.1, 0.15) is 23.0 Å². The zero-order valence-electron chi connectivity index (χ0n) is 25.2. The normalized spacial score (nSPS) is 10.7. The molecule has 0 bridgehead atoms. The largest absolute Gasteiger partial charge is 0.497 e. The SMILES string of the molecule is COc1ccc(N(c2ccc(OC)cc2)c2cccc3c(N(c4ccc(OC)cc4)c4ccc(OC)cc4)cccc23)cc1. The van der Waals surface area contributed by atoms with E-state index in [-0.39, 0.29) is 0 Å². The summed E-state index contributed by atoms with van der Waals surface area (Å²) >= 11 is 0. The van der Waals surface area contributed by atoms with Gasteiger partial charge in [-0.15, -0.1) is 0 Å². The number of hydrogen-bond acceptors (Lipinski definition) is 6. The average molecular weight is 583 g/mol. The topological polar surface area (TPSA) is 43.4 Å². The second-order valence-electron chi connectivity index (χ2n) is 10.1. The summed E-state index contributed by atoms with van der Waals surface area (Å²) in [5.41, 5.74) is 6.13. The Morgan fingerprint density at radius 3 is 0.795 bits per heavy atom. The van der Waals surface area contributed by atoms with E-state index in [1.807, 2.05) is 48.5 Å². The summed E-state index contributed by atoms with van der Waals surface area (Å²) < 4.78 is 21.8. The predicted molar refractivity (Wildman–Crippen MR) is 180 cm³/mol. The van der Waals surface area contributed by atoms with Gasteiger partial charge in [-0.05, 0) is 109 Å². The molecule has 0 spiro atoms. The lowest BCUT2D eigenvalue weighted by molar-refractivity contribution is 0.414. The summed E-state index contributed by atoms with van der Waals surface area (Å²) in [5, 5.41) is 2.20. The Hall–Kier alpha value is -5.62. The zero-order valence-corrected chi connectivity index (χ0v) is 25.2. The van der Waals surface area contributed by atoms with Crippen LogP contribution in [0.15, 0.2) is 133 Å². The van der Waals surface area contributed by atoms with Gasteiger partial charge in [-0.1, -0.05) is 24.3 Å². The van der Waals surface area contributed by atoms with Gasteiger partial charge in [-0.2, -0.15) is 0 Å². The lowest BCUT2D eigenvalue weighted by Crippen LogP contribution is -2.12. The molecule has 6 heteroatoms. The Kier molecular flexibility index (Phi) is 8.23. The highest BCUT2D eigenvalue weighted by molar-refractivity contribution is 6.06. The van der Waals surface area contributed by atoms with Crippen molar-refractivity contribution in [3.05, 3.63) is 133 Å². The minimum absolute atomic E-state index is 0.804. The molecule has 6 nitrogen and oxygen atoms in total. The van der Waals surface area contributed by atoms with Crippen molar-refractivity contribution in [3.63, 3.8) is 0 Å². The average Bonchev–Trinajstić information content (AvgIpc) is 3.10. The Labute approximate surface area is 258 Å². The van der Waals surface area contributed by atoms with Gasteiger partial charge >= 0.3 is 0 Å². The van der Waals surface area contributed by atoms with Gasteiger partial charge in [0.2, 0.25) is 0 Å². The quantitative estimate of drug-likeness (QED) is 0.160. The smallest absolute Gasteiger partial charge is 0.119 e. The van der Waals surface area contributed by atoms with Crippen LogP contribution in [0.5, 0.6) is 23.0 Å². The number of anilines is 6. The van der Waals surface area contributed by atoms with Crippen molar-refractivity contribution in [1.82, 2.24) is 0 Å². The van der Waals surface area contributed by atoms with Crippen molar-refractivity contribution in [1.29, 1.82) is 0 Å². The Morgan fingerprint density at radius 1 is 0.318 bits per heavy atom. The molecule has 44 heavy (non-hydrogen) atoms. The molecule has 0 N–H and O–H groups in total. The van der Waals surface area contributed by atoms with Crippen LogP contribution < -0.4 is 28.7 Å². The monoisotopic (exact) mass is 582 g/mol. The maximum atomic E-state index is 5.46. The van der Waals surface area contributed by atoms with Gasteiger partial charge in [-0.3, -0.25) is 0 Å². The van der Waals surface area contributed by atoms with Gasteiger partial charge in [0.05, 0.1) is 39.8 Å². The Bertz CT molecular complexity index is 1600. The number of ether oxygens (including phenoxy) is 4. The molecule has 0 radical (unpaired) electrons. The second kappa shape index (κ2) is 12.7. The highest BCUT2D eigenvalue weighted by Crippen LogP contribution is 2.45. The van der Waals surface area contributed by atoms with Gasteiger partial charge in [-0.25, -0.2) is 0 Å². The molecular formula is C38H34N2O4. The third kappa shape index (κ3) is 5.57. The van der Waals surface area contributed by atoms with Crippen LogP contribution in [-0.4, -0.2) is 28.4 Å². The molecule has 0 aliphatic carbocycles. The van der Waals surface area contributed by atoms with Crippen LogP contribution in [0.25, 0.3) is 10.8 Å². The van der Waals surface area contributed by atoms with E-state index in [2.05, 4.69) is 94.7 Å². The van der Waals surface area contributed by atoms with Gasteiger partial charge in [0.15, 0.2) is 0 Å². The van der Waals surface area contributed by atoms with Crippen molar-refractivity contribution >= 4 is 44.9 Å². The fourth-order valence-electron chi connectivity index (χ4n) is 5.45. The van der Waals surface area contributed by atoms with Crippen LogP contribution in [0.2, 0.25) is 0 Å². The van der Waals surface area contributed by atoms with E-state index in [9.17, 15) is 0 Å². The molecule has 0 saturated heterocycles. The molecule has 0 heterocycles. The molecule has 6 aromatic carbocycles. The Morgan fingerprint density at radius 2 is 0.568 bits per heavy atom. The fraction of sp³-hybridized carbons (Fsp3) is 0.105. The van der Waals surface area contributed by atoms with Gasteiger partial charge in [0, 0.05) is 33.5 Å². The zero-order chi connectivity index (χ0) is 30.5. The fourth-order valence-corrected chi connectivity index (χ4v) is 5.45. The van der Waals surface area contributed by atoms with Crippen molar-refractivity contribution in [2.45, 2.75) is 0 Å². The van der Waals surface area contributed by atoms with Crippen LogP contribution >= 0.6 is 0 Å². The minimum Gasteiger partial charge on any atom is -0.497 e. The molecule has 220 valence electrons. The van der Waals surface area contributed by atoms with Crippen molar-refractivity contribution in [2.24, 2.45) is 0 Å². The molecular weight excluding hydrogens is 548 g/mol.